The van der Waals surface area contributed by atoms with Crippen LogP contribution in [0.4, 0.5) is 11.8 Å². The fourth-order valence-electron chi connectivity index (χ4n) is 1.88. The van der Waals surface area contributed by atoms with Crippen LogP contribution in [0.3, 0.4) is 0 Å². The molecule has 0 radical (unpaired) electrons. The number of hydrogen-bond donors (Lipinski definition) is 2. The van der Waals surface area contributed by atoms with Crippen LogP contribution in [0.25, 0.3) is 0 Å². The largest absolute Gasteiger partial charge is 0.368 e. The molecule has 1 saturated carbocycles. The summed E-state index contributed by atoms with van der Waals surface area (Å²) in [7, 11) is 1.82. The maximum atomic E-state index is 4.40. The van der Waals surface area contributed by atoms with Crippen LogP contribution in [0.15, 0.2) is 10.7 Å². The second-order valence-electron chi connectivity index (χ2n) is 4.23. The highest BCUT2D eigenvalue weighted by atomic mass is 79.9. The van der Waals surface area contributed by atoms with E-state index in [4.69, 9.17) is 0 Å². The quantitative estimate of drug-likeness (QED) is 0.874. The highest BCUT2D eigenvalue weighted by Crippen LogP contribution is 2.42. The molecule has 0 aliphatic heterocycles. The van der Waals surface area contributed by atoms with Crippen molar-refractivity contribution < 1.29 is 0 Å². The molecule has 0 saturated heterocycles. The van der Waals surface area contributed by atoms with Crippen molar-refractivity contribution in [2.45, 2.75) is 24.0 Å². The number of thioether (sulfide) groups is 1. The topological polar surface area (TPSA) is 49.8 Å². The average molecular weight is 317 g/mol. The zero-order valence-electron chi connectivity index (χ0n) is 10.1. The van der Waals surface area contributed by atoms with Gasteiger partial charge in [0.1, 0.15) is 5.82 Å². The Kier molecular flexibility index (Phi) is 4.14. The molecule has 1 aliphatic rings. The standard InChI is InChI=1S/C11H17BrN4S/c1-13-10-14-6-8(12)9(16-10)15-7-11(17-2)4-3-5-11/h6H,3-5,7H2,1-2H3,(H2,13,14,15,16). The Morgan fingerprint density at radius 1 is 1.53 bits per heavy atom. The second-order valence-corrected chi connectivity index (χ2v) is 6.36. The zero-order chi connectivity index (χ0) is 12.3. The predicted octanol–water partition coefficient (Wildman–Crippen LogP) is 2.98. The maximum absolute atomic E-state index is 4.40. The first kappa shape index (κ1) is 13.0. The second kappa shape index (κ2) is 5.44. The van der Waals surface area contributed by atoms with E-state index in [1.807, 2.05) is 18.8 Å². The number of rotatable bonds is 5. The van der Waals surface area contributed by atoms with Gasteiger partial charge in [0, 0.05) is 24.5 Å². The normalized spacial score (nSPS) is 17.4. The Bertz CT molecular complexity index is 390. The van der Waals surface area contributed by atoms with Crippen molar-refractivity contribution in [2.24, 2.45) is 0 Å². The minimum atomic E-state index is 0.407. The number of halogens is 1. The molecule has 1 heterocycles. The predicted molar refractivity (Wildman–Crippen MR) is 77.9 cm³/mol. The maximum Gasteiger partial charge on any atom is 0.224 e. The summed E-state index contributed by atoms with van der Waals surface area (Å²) in [6.07, 6.45) is 7.89. The van der Waals surface area contributed by atoms with Gasteiger partial charge in [0.2, 0.25) is 5.95 Å². The Morgan fingerprint density at radius 3 is 2.82 bits per heavy atom. The van der Waals surface area contributed by atoms with Gasteiger partial charge in [-0.25, -0.2) is 4.98 Å². The van der Waals surface area contributed by atoms with Crippen molar-refractivity contribution in [3.05, 3.63) is 10.7 Å². The van der Waals surface area contributed by atoms with E-state index in [-0.39, 0.29) is 0 Å². The highest BCUT2D eigenvalue weighted by molar-refractivity contribution is 9.10. The lowest BCUT2D eigenvalue weighted by Crippen LogP contribution is -2.40. The Morgan fingerprint density at radius 2 is 2.29 bits per heavy atom. The molecule has 2 rings (SSSR count). The molecule has 0 aromatic carbocycles. The van der Waals surface area contributed by atoms with Crippen molar-refractivity contribution in [3.63, 3.8) is 0 Å². The summed E-state index contributed by atoms with van der Waals surface area (Å²) in [5.41, 5.74) is 0. The lowest BCUT2D eigenvalue weighted by molar-refractivity contribution is 0.379. The van der Waals surface area contributed by atoms with Gasteiger partial charge in [-0.1, -0.05) is 6.42 Å². The van der Waals surface area contributed by atoms with Crippen LogP contribution in [0.5, 0.6) is 0 Å². The van der Waals surface area contributed by atoms with Crippen molar-refractivity contribution in [3.8, 4) is 0 Å². The summed E-state index contributed by atoms with van der Waals surface area (Å²) < 4.78 is 1.32. The molecule has 0 spiro atoms. The van der Waals surface area contributed by atoms with Gasteiger partial charge in [-0.15, -0.1) is 0 Å². The third-order valence-corrected chi connectivity index (χ3v) is 5.24. The van der Waals surface area contributed by atoms with Gasteiger partial charge in [0.15, 0.2) is 0 Å². The van der Waals surface area contributed by atoms with Gasteiger partial charge in [0.25, 0.3) is 0 Å². The molecule has 1 aromatic rings. The molecule has 1 aromatic heterocycles. The fraction of sp³-hybridized carbons (Fsp3) is 0.636. The van der Waals surface area contributed by atoms with Crippen molar-refractivity contribution in [1.82, 2.24) is 9.97 Å². The monoisotopic (exact) mass is 316 g/mol. The van der Waals surface area contributed by atoms with Crippen molar-refractivity contribution in [1.29, 1.82) is 0 Å². The smallest absolute Gasteiger partial charge is 0.224 e. The van der Waals surface area contributed by atoms with Crippen LogP contribution < -0.4 is 10.6 Å². The summed E-state index contributed by atoms with van der Waals surface area (Å²) in [5.74, 6) is 1.51. The van der Waals surface area contributed by atoms with Gasteiger partial charge in [0.05, 0.1) is 4.47 Å². The molecule has 94 valence electrons. The van der Waals surface area contributed by atoms with Gasteiger partial charge in [-0.05, 0) is 35.0 Å². The molecule has 1 fully saturated rings. The van der Waals surface area contributed by atoms with Crippen LogP contribution in [-0.2, 0) is 0 Å². The average Bonchev–Trinajstić information content (AvgIpc) is 2.30. The molecular formula is C11H17BrN4S. The first-order valence-corrected chi connectivity index (χ1v) is 7.70. The Hall–Kier alpha value is -0.490. The lowest BCUT2D eigenvalue weighted by atomic mass is 9.84. The molecule has 0 amide bonds. The SMILES string of the molecule is CNc1ncc(Br)c(NCC2(SC)CCC2)n1. The highest BCUT2D eigenvalue weighted by Gasteiger charge is 2.35. The number of nitrogens with one attached hydrogen (secondary N) is 2. The summed E-state index contributed by atoms with van der Waals surface area (Å²) in [6.45, 7) is 0.965. The molecule has 2 N–H and O–H groups in total. The van der Waals surface area contributed by atoms with E-state index >= 15 is 0 Å². The van der Waals surface area contributed by atoms with Crippen LogP contribution in [0.1, 0.15) is 19.3 Å². The van der Waals surface area contributed by atoms with Gasteiger partial charge >= 0.3 is 0 Å². The number of anilines is 2. The van der Waals surface area contributed by atoms with E-state index < -0.39 is 0 Å². The third-order valence-electron chi connectivity index (χ3n) is 3.24. The third kappa shape index (κ3) is 2.85. The molecule has 0 atom stereocenters. The number of aromatic nitrogens is 2. The molecule has 0 unspecified atom stereocenters. The van der Waals surface area contributed by atoms with E-state index in [9.17, 15) is 0 Å². The summed E-state index contributed by atoms with van der Waals surface area (Å²) in [5, 5.41) is 6.37. The molecule has 0 bridgehead atoms. The fourth-order valence-corrected chi connectivity index (χ4v) is 3.13. The Labute approximate surface area is 115 Å². The van der Waals surface area contributed by atoms with E-state index in [1.54, 1.807) is 6.20 Å². The zero-order valence-corrected chi connectivity index (χ0v) is 12.5. The molecular weight excluding hydrogens is 300 g/mol. The summed E-state index contributed by atoms with van der Waals surface area (Å²) in [6, 6.07) is 0. The number of hydrogen-bond acceptors (Lipinski definition) is 5. The minimum absolute atomic E-state index is 0.407. The molecule has 17 heavy (non-hydrogen) atoms. The molecule has 6 heteroatoms. The van der Waals surface area contributed by atoms with E-state index in [0.717, 1.165) is 16.8 Å². The van der Waals surface area contributed by atoms with Crippen molar-refractivity contribution >= 4 is 39.5 Å². The van der Waals surface area contributed by atoms with Gasteiger partial charge in [-0.2, -0.15) is 16.7 Å². The van der Waals surface area contributed by atoms with Gasteiger partial charge < -0.3 is 10.6 Å². The minimum Gasteiger partial charge on any atom is -0.368 e. The molecule has 1 aliphatic carbocycles. The number of nitrogens with zero attached hydrogens (tertiary/aromatic N) is 2. The van der Waals surface area contributed by atoms with E-state index in [0.29, 0.717) is 10.7 Å². The summed E-state index contributed by atoms with van der Waals surface area (Å²) >= 11 is 5.42. The Balaban J connectivity index is 2.02. The van der Waals surface area contributed by atoms with E-state index in [1.165, 1.54) is 19.3 Å². The van der Waals surface area contributed by atoms with Crippen LogP contribution in [-0.4, -0.2) is 34.6 Å². The van der Waals surface area contributed by atoms with Gasteiger partial charge in [-0.3, -0.25) is 0 Å². The van der Waals surface area contributed by atoms with Crippen LogP contribution in [0.2, 0.25) is 0 Å². The van der Waals surface area contributed by atoms with E-state index in [2.05, 4.69) is 42.8 Å². The molecule has 4 nitrogen and oxygen atoms in total. The first-order chi connectivity index (χ1) is 8.19. The lowest BCUT2D eigenvalue weighted by Gasteiger charge is -2.40. The summed E-state index contributed by atoms with van der Waals surface area (Å²) in [4.78, 5) is 8.54. The van der Waals surface area contributed by atoms with Crippen LogP contribution >= 0.6 is 27.7 Å². The van der Waals surface area contributed by atoms with Crippen molar-refractivity contribution in [2.75, 3.05) is 30.5 Å². The first-order valence-electron chi connectivity index (χ1n) is 5.68. The van der Waals surface area contributed by atoms with Crippen LogP contribution in [0, 0.1) is 0 Å².